The lowest BCUT2D eigenvalue weighted by Crippen LogP contribution is -2.43. The summed E-state index contributed by atoms with van der Waals surface area (Å²) in [5.74, 6) is 1.55. The van der Waals surface area contributed by atoms with Crippen LogP contribution in [-0.4, -0.2) is 27.5 Å². The van der Waals surface area contributed by atoms with E-state index in [0.717, 1.165) is 42.2 Å². The third kappa shape index (κ3) is 3.03. The van der Waals surface area contributed by atoms with Gasteiger partial charge in [0.05, 0.1) is 11.3 Å². The molecule has 126 valence electrons. The molecule has 0 unspecified atom stereocenters. The summed E-state index contributed by atoms with van der Waals surface area (Å²) in [6.07, 6.45) is 6.05. The number of nitrogens with zero attached hydrogens (tertiary/aromatic N) is 2. The summed E-state index contributed by atoms with van der Waals surface area (Å²) in [6.45, 7) is 4.13. The number of rotatable bonds is 2. The average Bonchev–Trinajstić information content (AvgIpc) is 2.63. The van der Waals surface area contributed by atoms with Crippen LogP contribution in [0.1, 0.15) is 43.9 Å². The highest BCUT2D eigenvalue weighted by molar-refractivity contribution is 5.54. The molecule has 4 nitrogen and oxygen atoms in total. The quantitative estimate of drug-likeness (QED) is 0.922. The van der Waals surface area contributed by atoms with Crippen molar-refractivity contribution in [1.82, 2.24) is 14.9 Å². The van der Waals surface area contributed by atoms with Crippen LogP contribution in [0.5, 0.6) is 0 Å². The van der Waals surface area contributed by atoms with Gasteiger partial charge in [0.15, 0.2) is 0 Å². The number of hydrogen-bond donors (Lipinski definition) is 1. The van der Waals surface area contributed by atoms with Crippen molar-refractivity contribution in [3.63, 3.8) is 0 Å². The van der Waals surface area contributed by atoms with Crippen LogP contribution in [0.3, 0.4) is 0 Å². The monoisotopic (exact) mass is 323 g/mol. The molecule has 1 aliphatic heterocycles. The molecule has 0 atom stereocenters. The van der Waals surface area contributed by atoms with Gasteiger partial charge in [-0.25, -0.2) is 4.98 Å². The van der Waals surface area contributed by atoms with Crippen molar-refractivity contribution in [2.75, 3.05) is 6.54 Å². The number of nitrogens with one attached hydrogen (secondary N) is 1. The first-order valence-corrected chi connectivity index (χ1v) is 9.12. The minimum absolute atomic E-state index is 0.0349. The molecule has 24 heavy (non-hydrogen) atoms. The maximum atomic E-state index is 12.6. The largest absolute Gasteiger partial charge is 0.306 e. The summed E-state index contributed by atoms with van der Waals surface area (Å²) in [5.41, 5.74) is 2.87. The van der Waals surface area contributed by atoms with E-state index in [4.69, 9.17) is 4.98 Å². The Hall–Kier alpha value is -1.94. The average molecular weight is 323 g/mol. The summed E-state index contributed by atoms with van der Waals surface area (Å²) in [5, 5.41) is 0. The zero-order valence-electron chi connectivity index (χ0n) is 14.3. The van der Waals surface area contributed by atoms with Crippen LogP contribution in [0.25, 0.3) is 11.4 Å². The van der Waals surface area contributed by atoms with Gasteiger partial charge in [0.25, 0.3) is 5.56 Å². The molecule has 0 spiro atoms. The molecule has 2 aliphatic rings. The first kappa shape index (κ1) is 15.6. The highest BCUT2D eigenvalue weighted by Gasteiger charge is 2.28. The summed E-state index contributed by atoms with van der Waals surface area (Å²) in [6, 6.07) is 10.5. The molecule has 1 aromatic heterocycles. The predicted molar refractivity (Wildman–Crippen MR) is 95.8 cm³/mol. The summed E-state index contributed by atoms with van der Waals surface area (Å²) in [4.78, 5) is 22.9. The Balaban J connectivity index is 1.58. The van der Waals surface area contributed by atoms with Gasteiger partial charge in [-0.3, -0.25) is 9.69 Å². The molecular weight excluding hydrogens is 298 g/mol. The second-order valence-corrected chi connectivity index (χ2v) is 7.34. The molecule has 1 fully saturated rings. The Bertz CT molecular complexity index is 760. The molecule has 1 saturated carbocycles. The van der Waals surface area contributed by atoms with E-state index in [1.165, 1.54) is 25.7 Å². The predicted octanol–water partition coefficient (Wildman–Crippen LogP) is 3.37. The fourth-order valence-electron chi connectivity index (χ4n) is 4.10. The molecule has 1 aromatic carbocycles. The maximum absolute atomic E-state index is 12.6. The molecule has 0 amide bonds. The Labute approximate surface area is 142 Å². The van der Waals surface area contributed by atoms with E-state index in [1.54, 1.807) is 0 Å². The minimum atomic E-state index is 0.0349. The van der Waals surface area contributed by atoms with Gasteiger partial charge in [0.1, 0.15) is 5.82 Å². The van der Waals surface area contributed by atoms with E-state index in [2.05, 4.69) is 16.8 Å². The third-order valence-electron chi connectivity index (χ3n) is 5.65. The van der Waals surface area contributed by atoms with Gasteiger partial charge in [0, 0.05) is 31.1 Å². The molecule has 0 saturated heterocycles. The summed E-state index contributed by atoms with van der Waals surface area (Å²) < 4.78 is 0. The lowest BCUT2D eigenvalue weighted by molar-refractivity contribution is 0.125. The molecule has 1 aliphatic carbocycles. The second kappa shape index (κ2) is 6.52. The van der Waals surface area contributed by atoms with E-state index in [0.29, 0.717) is 11.9 Å². The van der Waals surface area contributed by atoms with Gasteiger partial charge < -0.3 is 4.98 Å². The molecule has 1 N–H and O–H groups in total. The van der Waals surface area contributed by atoms with Crippen LogP contribution in [0.15, 0.2) is 35.1 Å². The molecule has 4 rings (SSSR count). The first-order valence-electron chi connectivity index (χ1n) is 9.12. The summed E-state index contributed by atoms with van der Waals surface area (Å²) >= 11 is 0. The number of fused-ring (bicyclic) bond motifs is 1. The third-order valence-corrected chi connectivity index (χ3v) is 5.65. The maximum Gasteiger partial charge on any atom is 0.255 e. The highest BCUT2D eigenvalue weighted by atomic mass is 16.1. The van der Waals surface area contributed by atoms with Crippen molar-refractivity contribution < 1.29 is 0 Å². The van der Waals surface area contributed by atoms with Gasteiger partial charge in [-0.15, -0.1) is 0 Å². The van der Waals surface area contributed by atoms with Crippen LogP contribution in [0.2, 0.25) is 0 Å². The van der Waals surface area contributed by atoms with Crippen molar-refractivity contribution in [2.24, 2.45) is 5.92 Å². The van der Waals surface area contributed by atoms with Crippen molar-refractivity contribution in [1.29, 1.82) is 0 Å². The first-order chi connectivity index (χ1) is 11.7. The fourth-order valence-corrected chi connectivity index (χ4v) is 4.10. The van der Waals surface area contributed by atoms with E-state index >= 15 is 0 Å². The SMILES string of the molecule is CC1CCC(N2CCc3nc(-c4ccccc4)[nH]c(=O)c3C2)CC1. The molecule has 4 heteroatoms. The zero-order chi connectivity index (χ0) is 16.5. The lowest BCUT2D eigenvalue weighted by atomic mass is 9.86. The van der Waals surface area contributed by atoms with Crippen molar-refractivity contribution in [3.8, 4) is 11.4 Å². The van der Waals surface area contributed by atoms with Crippen molar-refractivity contribution in [3.05, 3.63) is 51.9 Å². The van der Waals surface area contributed by atoms with Crippen molar-refractivity contribution in [2.45, 2.75) is 51.6 Å². The van der Waals surface area contributed by atoms with Gasteiger partial charge in [-0.05, 0) is 31.6 Å². The van der Waals surface area contributed by atoms with Gasteiger partial charge in [-0.2, -0.15) is 0 Å². The van der Waals surface area contributed by atoms with E-state index in [1.807, 2.05) is 30.3 Å². The molecule has 2 aromatic rings. The standard InChI is InChI=1S/C20H25N3O/c1-14-7-9-16(10-8-14)23-12-11-18-17(13-23)20(24)22-19(21-18)15-5-3-2-4-6-15/h2-6,14,16H,7-13H2,1H3,(H,21,22,24). The minimum Gasteiger partial charge on any atom is -0.306 e. The molecule has 2 heterocycles. The van der Waals surface area contributed by atoms with Crippen LogP contribution in [-0.2, 0) is 13.0 Å². The topological polar surface area (TPSA) is 49.0 Å². The van der Waals surface area contributed by atoms with Crippen LogP contribution in [0, 0.1) is 5.92 Å². The van der Waals surface area contributed by atoms with Gasteiger partial charge in [-0.1, -0.05) is 37.3 Å². The van der Waals surface area contributed by atoms with Crippen LogP contribution in [0.4, 0.5) is 0 Å². The number of hydrogen-bond acceptors (Lipinski definition) is 3. The van der Waals surface area contributed by atoms with Gasteiger partial charge in [0.2, 0.25) is 0 Å². The smallest absolute Gasteiger partial charge is 0.255 e. The number of aromatic nitrogens is 2. The van der Waals surface area contributed by atoms with Crippen LogP contribution < -0.4 is 5.56 Å². The number of aromatic amines is 1. The molecular formula is C20H25N3O. The van der Waals surface area contributed by atoms with E-state index in [-0.39, 0.29) is 5.56 Å². The number of benzene rings is 1. The Kier molecular flexibility index (Phi) is 4.23. The molecule has 0 bridgehead atoms. The lowest BCUT2D eigenvalue weighted by Gasteiger charge is -2.38. The second-order valence-electron chi connectivity index (χ2n) is 7.34. The van der Waals surface area contributed by atoms with E-state index < -0.39 is 0 Å². The zero-order valence-corrected chi connectivity index (χ0v) is 14.3. The fraction of sp³-hybridized carbons (Fsp3) is 0.500. The Morgan fingerprint density at radius 2 is 1.88 bits per heavy atom. The van der Waals surface area contributed by atoms with Crippen LogP contribution >= 0.6 is 0 Å². The molecule has 0 radical (unpaired) electrons. The van der Waals surface area contributed by atoms with Crippen molar-refractivity contribution >= 4 is 0 Å². The summed E-state index contributed by atoms with van der Waals surface area (Å²) in [7, 11) is 0. The highest BCUT2D eigenvalue weighted by Crippen LogP contribution is 2.29. The Morgan fingerprint density at radius 1 is 1.12 bits per heavy atom. The Morgan fingerprint density at radius 3 is 2.62 bits per heavy atom. The normalized spacial score (nSPS) is 24.5. The number of H-pyrrole nitrogens is 1. The van der Waals surface area contributed by atoms with Gasteiger partial charge >= 0.3 is 0 Å². The van der Waals surface area contributed by atoms with E-state index in [9.17, 15) is 4.79 Å².